The van der Waals surface area contributed by atoms with E-state index in [1.807, 2.05) is 0 Å². The first-order chi connectivity index (χ1) is 7.92. The molecular weight excluding hydrogens is 198 g/mol. The fourth-order valence-electron chi connectivity index (χ4n) is 2.88. The number of rotatable bonds is 3. The highest BCUT2D eigenvalue weighted by Crippen LogP contribution is 2.29. The summed E-state index contributed by atoms with van der Waals surface area (Å²) in [6.45, 7) is 4.50. The molecule has 2 nitrogen and oxygen atoms in total. The van der Waals surface area contributed by atoms with E-state index in [9.17, 15) is 0 Å². The first-order valence-electron chi connectivity index (χ1n) is 6.30. The average molecular weight is 217 g/mol. The molecule has 0 unspecified atom stereocenters. The Bertz CT molecular complexity index is 330. The molecule has 1 atom stereocenters. The van der Waals surface area contributed by atoms with Crippen molar-refractivity contribution in [1.29, 1.82) is 0 Å². The Morgan fingerprint density at radius 1 is 1.12 bits per heavy atom. The maximum atomic E-state index is 6.06. The molecule has 2 heteroatoms. The van der Waals surface area contributed by atoms with E-state index < -0.39 is 0 Å². The summed E-state index contributed by atoms with van der Waals surface area (Å²) in [7, 11) is 0. The lowest BCUT2D eigenvalue weighted by molar-refractivity contribution is -0.0765. The molecule has 3 fully saturated rings. The minimum Gasteiger partial charge on any atom is -0.372 e. The number of piperidine rings is 3. The predicted molar refractivity (Wildman–Crippen MR) is 64.2 cm³/mol. The molecule has 0 saturated carbocycles. The van der Waals surface area contributed by atoms with Gasteiger partial charge in [-0.15, -0.1) is 0 Å². The van der Waals surface area contributed by atoms with Crippen LogP contribution in [0.4, 0.5) is 0 Å². The van der Waals surface area contributed by atoms with Gasteiger partial charge in [0.2, 0.25) is 0 Å². The Hall–Kier alpha value is -0.860. The zero-order valence-corrected chi connectivity index (χ0v) is 9.64. The highest BCUT2D eigenvalue weighted by Gasteiger charge is 2.34. The number of hydrogen-bond acceptors (Lipinski definition) is 2. The van der Waals surface area contributed by atoms with Crippen molar-refractivity contribution < 1.29 is 4.74 Å². The zero-order valence-electron chi connectivity index (χ0n) is 9.64. The van der Waals surface area contributed by atoms with Crippen LogP contribution >= 0.6 is 0 Å². The quantitative estimate of drug-likeness (QED) is 0.770. The van der Waals surface area contributed by atoms with Crippen molar-refractivity contribution >= 4 is 0 Å². The van der Waals surface area contributed by atoms with Crippen LogP contribution in [0.1, 0.15) is 18.4 Å². The second-order valence-corrected chi connectivity index (χ2v) is 4.97. The van der Waals surface area contributed by atoms with Crippen molar-refractivity contribution in [2.75, 3.05) is 19.6 Å². The third kappa shape index (κ3) is 2.13. The molecule has 1 aromatic carbocycles. The van der Waals surface area contributed by atoms with Crippen molar-refractivity contribution in [2.24, 2.45) is 5.92 Å². The normalized spacial score (nSPS) is 32.9. The van der Waals surface area contributed by atoms with Gasteiger partial charge >= 0.3 is 0 Å². The van der Waals surface area contributed by atoms with Crippen LogP contribution in [0.15, 0.2) is 30.3 Å². The Balaban J connectivity index is 1.56. The summed E-state index contributed by atoms with van der Waals surface area (Å²) >= 11 is 0. The van der Waals surface area contributed by atoms with Gasteiger partial charge in [0.1, 0.15) is 0 Å². The van der Waals surface area contributed by atoms with Gasteiger partial charge in [0, 0.05) is 6.54 Å². The van der Waals surface area contributed by atoms with Crippen molar-refractivity contribution in [3.63, 3.8) is 0 Å². The summed E-state index contributed by atoms with van der Waals surface area (Å²) in [5.41, 5.74) is 1.29. The molecule has 16 heavy (non-hydrogen) atoms. The Morgan fingerprint density at radius 3 is 2.50 bits per heavy atom. The molecule has 0 aliphatic carbocycles. The van der Waals surface area contributed by atoms with E-state index in [-0.39, 0.29) is 0 Å². The summed E-state index contributed by atoms with van der Waals surface area (Å²) < 4.78 is 6.06. The lowest BCUT2D eigenvalue weighted by atomic mass is 9.86. The second-order valence-electron chi connectivity index (χ2n) is 4.97. The summed E-state index contributed by atoms with van der Waals surface area (Å²) in [6.07, 6.45) is 3.14. The molecule has 0 amide bonds. The van der Waals surface area contributed by atoms with Gasteiger partial charge in [-0.05, 0) is 37.4 Å². The van der Waals surface area contributed by atoms with Crippen LogP contribution in [-0.4, -0.2) is 30.6 Å². The molecule has 1 aromatic rings. The molecule has 0 radical (unpaired) electrons. The Morgan fingerprint density at radius 2 is 1.88 bits per heavy atom. The lowest BCUT2D eigenvalue weighted by Gasteiger charge is -2.44. The van der Waals surface area contributed by atoms with Crippen LogP contribution in [0.25, 0.3) is 0 Å². The van der Waals surface area contributed by atoms with Gasteiger partial charge in [-0.25, -0.2) is 0 Å². The Labute approximate surface area is 97.2 Å². The molecule has 3 heterocycles. The van der Waals surface area contributed by atoms with Crippen LogP contribution < -0.4 is 0 Å². The summed E-state index contributed by atoms with van der Waals surface area (Å²) in [5.74, 6) is 0.814. The van der Waals surface area contributed by atoms with Gasteiger partial charge in [-0.1, -0.05) is 30.3 Å². The highest BCUT2D eigenvalue weighted by atomic mass is 16.5. The van der Waals surface area contributed by atoms with Gasteiger partial charge in [0.15, 0.2) is 0 Å². The molecule has 3 aliphatic rings. The average Bonchev–Trinajstić information content (AvgIpc) is 2.39. The number of ether oxygens (including phenoxy) is 1. The monoisotopic (exact) mass is 217 g/mol. The SMILES string of the molecule is c1ccc(CO[C@H]2CN3CCC2CC3)cc1. The van der Waals surface area contributed by atoms with Crippen molar-refractivity contribution in [3.05, 3.63) is 35.9 Å². The van der Waals surface area contributed by atoms with Crippen LogP contribution in [0, 0.1) is 5.92 Å². The third-order valence-corrected chi connectivity index (χ3v) is 3.90. The smallest absolute Gasteiger partial charge is 0.0735 e. The van der Waals surface area contributed by atoms with Crippen LogP contribution in [0.5, 0.6) is 0 Å². The number of nitrogens with zero attached hydrogens (tertiary/aromatic N) is 1. The molecular formula is C14H19NO. The van der Waals surface area contributed by atoms with Crippen molar-refractivity contribution in [2.45, 2.75) is 25.6 Å². The fourth-order valence-corrected chi connectivity index (χ4v) is 2.88. The van der Waals surface area contributed by atoms with Crippen LogP contribution in [0.2, 0.25) is 0 Å². The van der Waals surface area contributed by atoms with E-state index >= 15 is 0 Å². The fraction of sp³-hybridized carbons (Fsp3) is 0.571. The highest BCUT2D eigenvalue weighted by molar-refractivity contribution is 5.13. The third-order valence-electron chi connectivity index (χ3n) is 3.90. The maximum absolute atomic E-state index is 6.06. The van der Waals surface area contributed by atoms with Gasteiger partial charge in [0.25, 0.3) is 0 Å². The number of hydrogen-bond donors (Lipinski definition) is 0. The molecule has 0 N–H and O–H groups in total. The van der Waals surface area contributed by atoms with Crippen molar-refractivity contribution in [3.8, 4) is 0 Å². The number of benzene rings is 1. The van der Waals surface area contributed by atoms with Gasteiger partial charge in [-0.2, -0.15) is 0 Å². The van der Waals surface area contributed by atoms with E-state index in [4.69, 9.17) is 4.74 Å². The molecule has 4 rings (SSSR count). The van der Waals surface area contributed by atoms with E-state index in [0.717, 1.165) is 19.1 Å². The lowest BCUT2D eigenvalue weighted by Crippen LogP contribution is -2.51. The van der Waals surface area contributed by atoms with E-state index in [1.54, 1.807) is 0 Å². The van der Waals surface area contributed by atoms with Crippen LogP contribution in [-0.2, 0) is 11.3 Å². The van der Waals surface area contributed by atoms with Gasteiger partial charge in [0.05, 0.1) is 12.7 Å². The zero-order chi connectivity index (χ0) is 10.8. The molecule has 2 bridgehead atoms. The van der Waals surface area contributed by atoms with Gasteiger partial charge < -0.3 is 9.64 Å². The van der Waals surface area contributed by atoms with E-state index in [1.165, 1.54) is 31.5 Å². The first-order valence-corrected chi connectivity index (χ1v) is 6.30. The number of fused-ring (bicyclic) bond motifs is 3. The minimum absolute atomic E-state index is 0.475. The van der Waals surface area contributed by atoms with E-state index in [2.05, 4.69) is 35.2 Å². The van der Waals surface area contributed by atoms with Gasteiger partial charge in [-0.3, -0.25) is 0 Å². The Kier molecular flexibility index (Phi) is 2.94. The summed E-state index contributed by atoms with van der Waals surface area (Å²) in [6, 6.07) is 10.5. The summed E-state index contributed by atoms with van der Waals surface area (Å²) in [5, 5.41) is 0. The maximum Gasteiger partial charge on any atom is 0.0735 e. The van der Waals surface area contributed by atoms with Crippen LogP contribution in [0.3, 0.4) is 0 Å². The second kappa shape index (κ2) is 4.56. The summed E-state index contributed by atoms with van der Waals surface area (Å²) in [4.78, 5) is 2.54. The largest absolute Gasteiger partial charge is 0.372 e. The minimum atomic E-state index is 0.475. The standard InChI is InChI=1S/C14H19NO/c1-2-4-12(5-3-1)11-16-14-10-15-8-6-13(14)7-9-15/h1-5,13-14H,6-11H2/t14-/m0/s1. The molecule has 3 aliphatic heterocycles. The molecule has 0 aromatic heterocycles. The first kappa shape index (κ1) is 10.3. The molecule has 3 saturated heterocycles. The van der Waals surface area contributed by atoms with E-state index in [0.29, 0.717) is 6.10 Å². The molecule has 86 valence electrons. The topological polar surface area (TPSA) is 12.5 Å². The van der Waals surface area contributed by atoms with Crippen molar-refractivity contribution in [1.82, 2.24) is 4.90 Å². The predicted octanol–water partition coefficient (Wildman–Crippen LogP) is 2.30. The molecule has 0 spiro atoms.